The minimum absolute atomic E-state index is 0.0775. The molecule has 0 saturated heterocycles. The number of hydrogen-bond acceptors (Lipinski definition) is 8. The van der Waals surface area contributed by atoms with Crippen molar-refractivity contribution in [3.63, 3.8) is 0 Å². The van der Waals surface area contributed by atoms with Crippen LogP contribution in [0.5, 0.6) is 0 Å². The second-order valence-electron chi connectivity index (χ2n) is 5.77. The molecule has 0 unspecified atom stereocenters. The monoisotopic (exact) mass is 395 g/mol. The Morgan fingerprint density at radius 1 is 0.679 bits per heavy atom. The van der Waals surface area contributed by atoms with Crippen LogP contribution in [0.3, 0.4) is 0 Å². The molecule has 0 amide bonds. The molecule has 0 rings (SSSR count). The molecule has 0 aromatic carbocycles. The first-order valence-electron chi connectivity index (χ1n) is 9.03. The lowest BCUT2D eigenvalue weighted by molar-refractivity contribution is -0.159. The van der Waals surface area contributed by atoms with Crippen LogP contribution in [-0.2, 0) is 23.9 Å². The highest BCUT2D eigenvalue weighted by Crippen LogP contribution is 2.06. The third-order valence-electron chi connectivity index (χ3n) is 3.43. The van der Waals surface area contributed by atoms with Gasteiger partial charge in [0.2, 0.25) is 0 Å². The third kappa shape index (κ3) is 16.4. The number of nitrogens with zero attached hydrogens (tertiary/aromatic N) is 6. The Balaban J connectivity index is 3.76. The Hall–Kier alpha value is -3.10. The summed E-state index contributed by atoms with van der Waals surface area (Å²) in [6.07, 6.45) is 3.59. The number of unbranched alkanes of at least 4 members (excludes halogenated alkanes) is 4. The maximum atomic E-state index is 11.5. The average molecular weight is 395 g/mol. The van der Waals surface area contributed by atoms with E-state index in [1.165, 1.54) is 0 Å². The van der Waals surface area contributed by atoms with E-state index in [9.17, 15) is 14.4 Å². The van der Waals surface area contributed by atoms with Gasteiger partial charge >= 0.3 is 17.9 Å². The maximum Gasteiger partial charge on any atom is 0.313 e. The molecule has 0 aliphatic carbocycles. The van der Waals surface area contributed by atoms with Crippen molar-refractivity contribution >= 4 is 23.8 Å². The van der Waals surface area contributed by atoms with E-state index in [4.69, 9.17) is 21.2 Å². The predicted molar refractivity (Wildman–Crippen MR) is 99.1 cm³/mol. The first-order valence-corrected chi connectivity index (χ1v) is 9.03. The van der Waals surface area contributed by atoms with Gasteiger partial charge in [-0.3, -0.25) is 19.8 Å². The molecule has 0 fully saturated rings. The summed E-state index contributed by atoms with van der Waals surface area (Å²) >= 11 is 0. The second-order valence-corrected chi connectivity index (χ2v) is 5.77. The lowest BCUT2D eigenvalue weighted by atomic mass is 10.2. The molecule has 0 heterocycles. The summed E-state index contributed by atoms with van der Waals surface area (Å²) in [4.78, 5) is 39.8. The molecule has 28 heavy (non-hydrogen) atoms. The highest BCUT2D eigenvalue weighted by molar-refractivity contribution is 5.90. The summed E-state index contributed by atoms with van der Waals surface area (Å²) < 4.78 is 9.39. The van der Waals surface area contributed by atoms with Gasteiger partial charge < -0.3 is 9.47 Å². The summed E-state index contributed by atoms with van der Waals surface area (Å²) in [5.41, 5.74) is 16.2. The van der Waals surface area contributed by atoms with Crippen molar-refractivity contribution in [2.24, 2.45) is 10.2 Å². The molecule has 0 aliphatic heterocycles. The van der Waals surface area contributed by atoms with E-state index in [-0.39, 0.29) is 31.6 Å². The zero-order valence-electron chi connectivity index (χ0n) is 15.7. The summed E-state index contributed by atoms with van der Waals surface area (Å²) in [5, 5.41) is 14.3. The van der Waals surface area contributed by atoms with Crippen LogP contribution in [-0.4, -0.2) is 36.9 Å². The van der Waals surface area contributed by atoms with E-state index in [1.54, 1.807) is 0 Å². The second kappa shape index (κ2) is 17.3. The Morgan fingerprint density at radius 2 is 1.14 bits per heavy atom. The van der Waals surface area contributed by atoms with Crippen LogP contribution in [0.25, 0.3) is 20.9 Å². The van der Waals surface area contributed by atoms with Crippen LogP contribution < -0.4 is 0 Å². The van der Waals surface area contributed by atoms with Crippen LogP contribution in [0.4, 0.5) is 0 Å². The maximum absolute atomic E-state index is 11.5. The van der Waals surface area contributed by atoms with Crippen LogP contribution in [0.1, 0.15) is 64.2 Å². The molecular formula is C16H25N7O5. The minimum atomic E-state index is -0.780. The number of ether oxygens (including phenoxy) is 2. The molecule has 0 atom stereocenters. The average Bonchev–Trinajstić information content (AvgIpc) is 2.65. The lowest BCUT2D eigenvalue weighted by Gasteiger charge is -2.06. The quantitative estimate of drug-likeness (QED) is 0.0636. The Bertz CT molecular complexity index is 571. The molecule has 0 spiro atoms. The molecule has 0 aromatic heterocycles. The third-order valence-corrected chi connectivity index (χ3v) is 3.43. The fraction of sp³-hybridized carbons (Fsp3) is 0.750. The molecule has 12 nitrogen and oxygen atoms in total. The van der Waals surface area contributed by atoms with Gasteiger partial charge in [-0.2, -0.15) is 0 Å². The van der Waals surface area contributed by atoms with Crippen molar-refractivity contribution in [1.82, 2.24) is 0 Å². The molecule has 0 bridgehead atoms. The van der Waals surface area contributed by atoms with E-state index < -0.39 is 17.9 Å². The number of rotatable bonds is 15. The summed E-state index contributed by atoms with van der Waals surface area (Å²) in [7, 11) is 0. The van der Waals surface area contributed by atoms with Gasteiger partial charge in [-0.1, -0.05) is 23.1 Å². The van der Waals surface area contributed by atoms with Crippen LogP contribution in [0.2, 0.25) is 0 Å². The normalized spacial score (nSPS) is 9.57. The fourth-order valence-corrected chi connectivity index (χ4v) is 2.03. The van der Waals surface area contributed by atoms with Crippen molar-refractivity contribution in [3.8, 4) is 0 Å². The summed E-state index contributed by atoms with van der Waals surface area (Å²) in [6.45, 7) is 0.735. The zero-order valence-corrected chi connectivity index (χ0v) is 15.7. The Morgan fingerprint density at radius 3 is 1.64 bits per heavy atom. The molecule has 0 aromatic rings. The molecule has 0 aliphatic rings. The summed E-state index contributed by atoms with van der Waals surface area (Å²) in [6, 6.07) is 0. The van der Waals surface area contributed by atoms with Gasteiger partial charge in [0.15, 0.2) is 5.90 Å². The largest absolute Gasteiger partial charge is 0.412 e. The number of esters is 3. The van der Waals surface area contributed by atoms with Crippen molar-refractivity contribution in [3.05, 3.63) is 20.9 Å². The predicted octanol–water partition coefficient (Wildman–Crippen LogP) is 4.10. The van der Waals surface area contributed by atoms with E-state index in [1.807, 2.05) is 0 Å². The van der Waals surface area contributed by atoms with Crippen LogP contribution in [0.15, 0.2) is 10.2 Å². The van der Waals surface area contributed by atoms with Gasteiger partial charge in [0.05, 0.1) is 6.42 Å². The van der Waals surface area contributed by atoms with Gasteiger partial charge in [-0.25, -0.2) is 0 Å². The SMILES string of the molecule is [N-]=[N+]=NCCCCCC(=O)OC(=N)CCC(=O)OC(=O)CCCCCN=[N+]=[N-]. The van der Waals surface area contributed by atoms with Gasteiger partial charge in [-0.05, 0) is 36.7 Å². The molecular weight excluding hydrogens is 370 g/mol. The number of azide groups is 2. The molecule has 12 heteroatoms. The highest BCUT2D eigenvalue weighted by Gasteiger charge is 2.13. The molecule has 1 N–H and O–H groups in total. The first kappa shape index (κ1) is 24.9. The van der Waals surface area contributed by atoms with Crippen molar-refractivity contribution in [1.29, 1.82) is 5.41 Å². The van der Waals surface area contributed by atoms with Crippen molar-refractivity contribution in [2.45, 2.75) is 64.2 Å². The molecule has 0 radical (unpaired) electrons. The van der Waals surface area contributed by atoms with E-state index >= 15 is 0 Å². The fourth-order valence-electron chi connectivity index (χ4n) is 2.03. The molecule has 154 valence electrons. The Kier molecular flexibility index (Phi) is 15.4. The van der Waals surface area contributed by atoms with E-state index in [0.717, 1.165) is 0 Å². The number of hydrogen-bond donors (Lipinski definition) is 1. The van der Waals surface area contributed by atoms with Gasteiger partial charge in [-0.15, -0.1) is 0 Å². The van der Waals surface area contributed by atoms with Crippen LogP contribution in [0, 0.1) is 5.41 Å². The van der Waals surface area contributed by atoms with Gasteiger partial charge in [0.25, 0.3) is 0 Å². The van der Waals surface area contributed by atoms with Gasteiger partial charge in [0.1, 0.15) is 0 Å². The number of nitrogens with one attached hydrogen (secondary N) is 1. The highest BCUT2D eigenvalue weighted by atomic mass is 16.6. The number of carbonyl (C=O) groups excluding carboxylic acids is 3. The van der Waals surface area contributed by atoms with Gasteiger partial charge in [0, 0.05) is 42.2 Å². The standard InChI is InChI=1S/C16H25N7O5/c17-13(27-14(24)7-3-1-5-11-20-22-18)9-10-16(26)28-15(25)8-4-2-6-12-21-23-19/h17H,1-12H2. The minimum Gasteiger partial charge on any atom is -0.412 e. The summed E-state index contributed by atoms with van der Waals surface area (Å²) in [5.74, 6) is -2.36. The van der Waals surface area contributed by atoms with Crippen LogP contribution >= 0.6 is 0 Å². The first-order chi connectivity index (χ1) is 13.5. The Labute approximate surface area is 162 Å². The topological polar surface area (TPSA) is 191 Å². The van der Waals surface area contributed by atoms with E-state index in [0.29, 0.717) is 51.6 Å². The zero-order chi connectivity index (χ0) is 21.0. The smallest absolute Gasteiger partial charge is 0.313 e. The lowest BCUT2D eigenvalue weighted by Crippen LogP contribution is -2.16. The molecule has 0 saturated carbocycles. The van der Waals surface area contributed by atoms with Crippen molar-refractivity contribution in [2.75, 3.05) is 13.1 Å². The number of carbonyl (C=O) groups is 3. The van der Waals surface area contributed by atoms with E-state index in [2.05, 4.69) is 24.8 Å². The van der Waals surface area contributed by atoms with Crippen molar-refractivity contribution < 1.29 is 23.9 Å².